The van der Waals surface area contributed by atoms with Crippen LogP contribution in [-0.2, 0) is 6.18 Å². The maximum atomic E-state index is 12.6. The number of carbonyl (C=O) groups is 2. The first kappa shape index (κ1) is 12.7. The lowest BCUT2D eigenvalue weighted by Crippen LogP contribution is -2.15. The van der Waals surface area contributed by atoms with E-state index in [1.165, 1.54) is 0 Å². The molecule has 0 amide bonds. The number of hydrogen-bond donors (Lipinski definition) is 0. The van der Waals surface area contributed by atoms with Crippen molar-refractivity contribution in [3.05, 3.63) is 33.8 Å². The summed E-state index contributed by atoms with van der Waals surface area (Å²) < 4.78 is 37.9. The standard InChI is InChI=1S/C10H6ClF3O2/c1-5(16)8-6(4-15)2-3-7(11)9(8)10(12,13)14/h2-4H,1H3. The van der Waals surface area contributed by atoms with E-state index in [0.29, 0.717) is 0 Å². The number of alkyl halides is 3. The van der Waals surface area contributed by atoms with E-state index in [1.807, 2.05) is 0 Å². The van der Waals surface area contributed by atoms with Gasteiger partial charge in [-0.15, -0.1) is 0 Å². The van der Waals surface area contributed by atoms with Crippen molar-refractivity contribution in [1.82, 2.24) is 0 Å². The zero-order valence-electron chi connectivity index (χ0n) is 8.06. The molecule has 1 rings (SSSR count). The maximum absolute atomic E-state index is 12.6. The van der Waals surface area contributed by atoms with Crippen molar-refractivity contribution in [2.75, 3.05) is 0 Å². The number of Topliss-reactive ketones (excluding diaryl/α,β-unsaturated/α-hetero) is 1. The van der Waals surface area contributed by atoms with Crippen LogP contribution in [0.25, 0.3) is 0 Å². The van der Waals surface area contributed by atoms with E-state index in [-0.39, 0.29) is 11.8 Å². The predicted molar refractivity (Wildman–Crippen MR) is 51.8 cm³/mol. The van der Waals surface area contributed by atoms with Gasteiger partial charge in [0.15, 0.2) is 12.1 Å². The van der Waals surface area contributed by atoms with Crippen LogP contribution >= 0.6 is 11.6 Å². The molecule has 0 aliphatic carbocycles. The molecule has 1 aromatic carbocycles. The van der Waals surface area contributed by atoms with Crippen LogP contribution in [0, 0.1) is 0 Å². The highest BCUT2D eigenvalue weighted by molar-refractivity contribution is 6.32. The minimum absolute atomic E-state index is 0.197. The molecule has 0 bridgehead atoms. The summed E-state index contributed by atoms with van der Waals surface area (Å²) in [6.07, 6.45) is -4.57. The third-order valence-electron chi connectivity index (χ3n) is 1.95. The molecule has 86 valence electrons. The topological polar surface area (TPSA) is 34.1 Å². The molecule has 1 aromatic rings. The van der Waals surface area contributed by atoms with Gasteiger partial charge >= 0.3 is 6.18 Å². The summed E-state index contributed by atoms with van der Waals surface area (Å²) in [6.45, 7) is 0.952. The number of benzene rings is 1. The average Bonchev–Trinajstić information content (AvgIpc) is 2.15. The van der Waals surface area contributed by atoms with Crippen LogP contribution in [0.2, 0.25) is 5.02 Å². The fraction of sp³-hybridized carbons (Fsp3) is 0.200. The number of hydrogen-bond acceptors (Lipinski definition) is 2. The molecule has 0 saturated heterocycles. The Morgan fingerprint density at radius 2 is 1.94 bits per heavy atom. The number of rotatable bonds is 2. The molecule has 0 fully saturated rings. The lowest BCUT2D eigenvalue weighted by Gasteiger charge is -2.14. The molecule has 0 radical (unpaired) electrons. The maximum Gasteiger partial charge on any atom is 0.418 e. The molecule has 2 nitrogen and oxygen atoms in total. The van der Waals surface area contributed by atoms with Crippen LogP contribution < -0.4 is 0 Å². The molecule has 0 N–H and O–H groups in total. The van der Waals surface area contributed by atoms with E-state index in [1.54, 1.807) is 0 Å². The lowest BCUT2D eigenvalue weighted by molar-refractivity contribution is -0.137. The average molecular weight is 251 g/mol. The molecule has 0 aromatic heterocycles. The van der Waals surface area contributed by atoms with Crippen LogP contribution in [-0.4, -0.2) is 12.1 Å². The van der Waals surface area contributed by atoms with Gasteiger partial charge in [0.2, 0.25) is 0 Å². The summed E-state index contributed by atoms with van der Waals surface area (Å²) >= 11 is 5.40. The molecule has 0 spiro atoms. The zero-order valence-corrected chi connectivity index (χ0v) is 8.82. The van der Waals surface area contributed by atoms with Gasteiger partial charge < -0.3 is 0 Å². The number of aldehydes is 1. The molecule has 16 heavy (non-hydrogen) atoms. The molecular weight excluding hydrogens is 245 g/mol. The first-order chi connectivity index (χ1) is 7.29. The van der Waals surface area contributed by atoms with Crippen molar-refractivity contribution in [2.24, 2.45) is 0 Å². The van der Waals surface area contributed by atoms with E-state index in [9.17, 15) is 22.8 Å². The highest BCUT2D eigenvalue weighted by Crippen LogP contribution is 2.38. The van der Waals surface area contributed by atoms with E-state index >= 15 is 0 Å². The largest absolute Gasteiger partial charge is 0.418 e. The van der Waals surface area contributed by atoms with E-state index in [0.717, 1.165) is 19.1 Å². The second-order valence-electron chi connectivity index (χ2n) is 3.06. The number of ketones is 1. The normalized spacial score (nSPS) is 11.3. The summed E-state index contributed by atoms with van der Waals surface area (Å²) in [5.41, 5.74) is -2.26. The Hall–Kier alpha value is -1.36. The SMILES string of the molecule is CC(=O)c1c(C=O)ccc(Cl)c1C(F)(F)F. The first-order valence-electron chi connectivity index (χ1n) is 4.15. The van der Waals surface area contributed by atoms with Gasteiger partial charge in [0.25, 0.3) is 0 Å². The van der Waals surface area contributed by atoms with Crippen molar-refractivity contribution in [3.8, 4) is 0 Å². The second-order valence-corrected chi connectivity index (χ2v) is 3.47. The highest BCUT2D eigenvalue weighted by Gasteiger charge is 2.38. The Morgan fingerprint density at radius 1 is 1.38 bits per heavy atom. The minimum Gasteiger partial charge on any atom is -0.298 e. The predicted octanol–water partition coefficient (Wildman–Crippen LogP) is 3.37. The highest BCUT2D eigenvalue weighted by atomic mass is 35.5. The van der Waals surface area contributed by atoms with E-state index in [4.69, 9.17) is 11.6 Å². The van der Waals surface area contributed by atoms with Crippen molar-refractivity contribution in [1.29, 1.82) is 0 Å². The van der Waals surface area contributed by atoms with Gasteiger partial charge in [-0.25, -0.2) is 0 Å². The molecule has 0 aliphatic heterocycles. The van der Waals surface area contributed by atoms with Crippen molar-refractivity contribution < 1.29 is 22.8 Å². The first-order valence-corrected chi connectivity index (χ1v) is 4.52. The van der Waals surface area contributed by atoms with E-state index < -0.39 is 28.1 Å². The zero-order chi connectivity index (χ0) is 12.5. The van der Waals surface area contributed by atoms with Gasteiger partial charge in [-0.05, 0) is 19.1 Å². The van der Waals surface area contributed by atoms with Crippen molar-refractivity contribution in [3.63, 3.8) is 0 Å². The molecule has 6 heteroatoms. The van der Waals surface area contributed by atoms with Crippen LogP contribution in [0.15, 0.2) is 12.1 Å². The van der Waals surface area contributed by atoms with Gasteiger partial charge in [-0.2, -0.15) is 13.2 Å². The van der Waals surface area contributed by atoms with E-state index in [2.05, 4.69) is 0 Å². The smallest absolute Gasteiger partial charge is 0.298 e. The minimum atomic E-state index is -4.77. The molecule has 0 aliphatic rings. The van der Waals surface area contributed by atoms with Crippen molar-refractivity contribution in [2.45, 2.75) is 13.1 Å². The Bertz CT molecular complexity index is 452. The third-order valence-corrected chi connectivity index (χ3v) is 2.26. The summed E-state index contributed by atoms with van der Waals surface area (Å²) in [6, 6.07) is 2.03. The Morgan fingerprint density at radius 3 is 2.31 bits per heavy atom. The lowest BCUT2D eigenvalue weighted by atomic mass is 9.98. The fourth-order valence-electron chi connectivity index (χ4n) is 1.35. The Kier molecular flexibility index (Phi) is 3.38. The Labute approximate surface area is 94.0 Å². The van der Waals surface area contributed by atoms with Crippen LogP contribution in [0.1, 0.15) is 33.2 Å². The number of carbonyl (C=O) groups excluding carboxylic acids is 2. The van der Waals surface area contributed by atoms with Gasteiger partial charge in [-0.1, -0.05) is 11.6 Å². The molecular formula is C10H6ClF3O2. The monoisotopic (exact) mass is 250 g/mol. The Balaban J connectivity index is 3.68. The van der Waals surface area contributed by atoms with Gasteiger partial charge in [0, 0.05) is 11.1 Å². The summed E-state index contributed by atoms with van der Waals surface area (Å²) in [5.74, 6) is -0.850. The molecule has 0 atom stereocenters. The summed E-state index contributed by atoms with van der Waals surface area (Å²) in [7, 11) is 0. The van der Waals surface area contributed by atoms with Gasteiger partial charge in [0.05, 0.1) is 10.6 Å². The molecule has 0 saturated carbocycles. The third kappa shape index (κ3) is 2.24. The van der Waals surface area contributed by atoms with Gasteiger partial charge in [0.1, 0.15) is 0 Å². The van der Waals surface area contributed by atoms with Crippen LogP contribution in [0.5, 0.6) is 0 Å². The molecule has 0 unspecified atom stereocenters. The van der Waals surface area contributed by atoms with Crippen LogP contribution in [0.3, 0.4) is 0 Å². The molecule has 0 heterocycles. The van der Waals surface area contributed by atoms with Crippen LogP contribution in [0.4, 0.5) is 13.2 Å². The summed E-state index contributed by atoms with van der Waals surface area (Å²) in [5, 5.41) is -0.594. The quantitative estimate of drug-likeness (QED) is 0.596. The number of halogens is 4. The van der Waals surface area contributed by atoms with Crippen molar-refractivity contribution >= 4 is 23.7 Å². The van der Waals surface area contributed by atoms with Gasteiger partial charge in [-0.3, -0.25) is 9.59 Å². The summed E-state index contributed by atoms with van der Waals surface area (Å²) in [4.78, 5) is 21.7. The fourth-order valence-corrected chi connectivity index (χ4v) is 1.61. The second kappa shape index (κ2) is 4.25.